The lowest BCUT2D eigenvalue weighted by atomic mass is 10.2. The normalized spacial score (nSPS) is 13.7. The van der Waals surface area contributed by atoms with Crippen LogP contribution in [0.15, 0.2) is 48.9 Å². The first-order valence-corrected chi connectivity index (χ1v) is 3.87. The van der Waals surface area contributed by atoms with E-state index in [2.05, 4.69) is 18.5 Å². The zero-order valence-corrected chi connectivity index (χ0v) is 7.86. The lowest BCUT2D eigenvalue weighted by molar-refractivity contribution is -0.0882. The van der Waals surface area contributed by atoms with E-state index in [1.807, 2.05) is 0 Å². The number of hydrogen-bond donors (Lipinski definition) is 1. The standard InChI is InChI=1S/C10H12F3N/c1-4-6-9(10(11,12)13)7-8(3)14-5-2/h4-7,14H,1-2H2,3H3/b8-7+,9-6+. The number of nitrogens with one attached hydrogen (secondary N) is 1. The molecule has 4 heteroatoms. The van der Waals surface area contributed by atoms with Gasteiger partial charge in [-0.15, -0.1) is 0 Å². The minimum atomic E-state index is -4.36. The largest absolute Gasteiger partial charge is 0.416 e. The minimum Gasteiger partial charge on any atom is -0.366 e. The van der Waals surface area contributed by atoms with Crippen LogP contribution in [-0.4, -0.2) is 6.18 Å². The molecule has 0 saturated heterocycles. The number of hydrogen-bond acceptors (Lipinski definition) is 1. The summed E-state index contributed by atoms with van der Waals surface area (Å²) in [6.07, 6.45) is -0.0514. The monoisotopic (exact) mass is 203 g/mol. The molecule has 0 aromatic rings. The quantitative estimate of drug-likeness (QED) is 0.691. The third-order valence-corrected chi connectivity index (χ3v) is 1.33. The molecule has 0 aliphatic rings. The van der Waals surface area contributed by atoms with E-state index in [9.17, 15) is 13.2 Å². The van der Waals surface area contributed by atoms with E-state index < -0.39 is 11.7 Å². The molecule has 0 aromatic carbocycles. The van der Waals surface area contributed by atoms with Crippen molar-refractivity contribution in [2.24, 2.45) is 0 Å². The van der Waals surface area contributed by atoms with Gasteiger partial charge in [-0.2, -0.15) is 13.2 Å². The molecule has 0 heterocycles. The van der Waals surface area contributed by atoms with Crippen LogP contribution in [0.5, 0.6) is 0 Å². The summed E-state index contributed by atoms with van der Waals surface area (Å²) in [5.74, 6) is 0. The third-order valence-electron chi connectivity index (χ3n) is 1.33. The summed E-state index contributed by atoms with van der Waals surface area (Å²) >= 11 is 0. The summed E-state index contributed by atoms with van der Waals surface area (Å²) in [6.45, 7) is 8.08. The van der Waals surface area contributed by atoms with Crippen LogP contribution in [0.4, 0.5) is 13.2 Å². The summed E-state index contributed by atoms with van der Waals surface area (Å²) < 4.78 is 36.9. The molecule has 0 atom stereocenters. The van der Waals surface area contributed by atoms with Crippen molar-refractivity contribution < 1.29 is 13.2 Å². The van der Waals surface area contributed by atoms with E-state index in [4.69, 9.17) is 0 Å². The molecule has 0 aromatic heterocycles. The Morgan fingerprint density at radius 2 is 1.86 bits per heavy atom. The average Bonchev–Trinajstić information content (AvgIpc) is 2.02. The van der Waals surface area contributed by atoms with Gasteiger partial charge < -0.3 is 5.32 Å². The first kappa shape index (κ1) is 12.6. The van der Waals surface area contributed by atoms with Gasteiger partial charge >= 0.3 is 6.18 Å². The van der Waals surface area contributed by atoms with Crippen LogP contribution in [0.25, 0.3) is 0 Å². The number of rotatable bonds is 4. The first-order chi connectivity index (χ1) is 6.41. The Balaban J connectivity index is 4.88. The summed E-state index contributed by atoms with van der Waals surface area (Å²) in [7, 11) is 0. The lowest BCUT2D eigenvalue weighted by Crippen LogP contribution is -2.12. The zero-order valence-electron chi connectivity index (χ0n) is 7.86. The molecule has 0 fully saturated rings. The van der Waals surface area contributed by atoms with E-state index in [1.54, 1.807) is 0 Å². The smallest absolute Gasteiger partial charge is 0.366 e. The van der Waals surface area contributed by atoms with Crippen LogP contribution in [-0.2, 0) is 0 Å². The van der Waals surface area contributed by atoms with Gasteiger partial charge in [-0.1, -0.05) is 25.3 Å². The number of allylic oxidation sites excluding steroid dienone is 5. The van der Waals surface area contributed by atoms with Crippen molar-refractivity contribution in [2.45, 2.75) is 13.1 Å². The lowest BCUT2D eigenvalue weighted by Gasteiger charge is -2.08. The fourth-order valence-electron chi connectivity index (χ4n) is 0.787. The molecule has 14 heavy (non-hydrogen) atoms. The van der Waals surface area contributed by atoms with E-state index in [0.717, 1.165) is 18.2 Å². The SMILES string of the molecule is C=C/C=C(\C=C(/C)NC=C)C(F)(F)F. The molecule has 0 aliphatic carbocycles. The summed E-state index contributed by atoms with van der Waals surface area (Å²) in [6, 6.07) is 0. The topological polar surface area (TPSA) is 12.0 Å². The molecule has 1 N–H and O–H groups in total. The highest BCUT2D eigenvalue weighted by molar-refractivity contribution is 5.29. The van der Waals surface area contributed by atoms with Gasteiger partial charge in [-0.25, -0.2) is 0 Å². The van der Waals surface area contributed by atoms with E-state index in [1.165, 1.54) is 13.1 Å². The van der Waals surface area contributed by atoms with Crippen LogP contribution in [0.2, 0.25) is 0 Å². The van der Waals surface area contributed by atoms with Gasteiger partial charge in [0.1, 0.15) is 0 Å². The maximum atomic E-state index is 12.3. The molecule has 0 bridgehead atoms. The van der Waals surface area contributed by atoms with Crippen LogP contribution >= 0.6 is 0 Å². The van der Waals surface area contributed by atoms with Crippen molar-refractivity contribution in [3.63, 3.8) is 0 Å². The number of alkyl halides is 3. The Morgan fingerprint density at radius 1 is 1.29 bits per heavy atom. The fraction of sp³-hybridized carbons (Fsp3) is 0.200. The molecule has 1 nitrogen and oxygen atoms in total. The highest BCUT2D eigenvalue weighted by Gasteiger charge is 2.31. The van der Waals surface area contributed by atoms with Gasteiger partial charge in [0.2, 0.25) is 0 Å². The minimum absolute atomic E-state index is 0.366. The van der Waals surface area contributed by atoms with Crippen LogP contribution in [0, 0.1) is 0 Å². The second-order valence-corrected chi connectivity index (χ2v) is 2.53. The van der Waals surface area contributed by atoms with Crippen molar-refractivity contribution in [3.05, 3.63) is 48.9 Å². The Labute approximate surface area is 81.3 Å². The van der Waals surface area contributed by atoms with E-state index in [0.29, 0.717) is 5.70 Å². The van der Waals surface area contributed by atoms with Crippen LogP contribution < -0.4 is 5.32 Å². The van der Waals surface area contributed by atoms with Crippen molar-refractivity contribution >= 4 is 0 Å². The zero-order chi connectivity index (χ0) is 11.2. The fourth-order valence-corrected chi connectivity index (χ4v) is 0.787. The van der Waals surface area contributed by atoms with Crippen molar-refractivity contribution in [3.8, 4) is 0 Å². The summed E-state index contributed by atoms with van der Waals surface area (Å²) in [5, 5.41) is 2.56. The van der Waals surface area contributed by atoms with Gasteiger partial charge in [0, 0.05) is 5.70 Å². The molecule has 0 amide bonds. The van der Waals surface area contributed by atoms with E-state index in [-0.39, 0.29) is 0 Å². The van der Waals surface area contributed by atoms with Gasteiger partial charge in [0.15, 0.2) is 0 Å². The van der Waals surface area contributed by atoms with E-state index >= 15 is 0 Å². The predicted molar refractivity (Wildman–Crippen MR) is 51.4 cm³/mol. The highest BCUT2D eigenvalue weighted by Crippen LogP contribution is 2.27. The van der Waals surface area contributed by atoms with Gasteiger partial charge in [0.05, 0.1) is 5.57 Å². The molecule has 0 saturated carbocycles. The number of halogens is 3. The summed E-state index contributed by atoms with van der Waals surface area (Å²) in [5.41, 5.74) is -0.384. The van der Waals surface area contributed by atoms with Crippen molar-refractivity contribution in [1.29, 1.82) is 0 Å². The summed E-state index contributed by atoms with van der Waals surface area (Å²) in [4.78, 5) is 0. The van der Waals surface area contributed by atoms with Crippen LogP contribution in [0.1, 0.15) is 6.92 Å². The molecular weight excluding hydrogens is 191 g/mol. The highest BCUT2D eigenvalue weighted by atomic mass is 19.4. The Kier molecular flexibility index (Phi) is 4.77. The molecule has 0 radical (unpaired) electrons. The molecule has 0 spiro atoms. The Morgan fingerprint density at radius 3 is 2.21 bits per heavy atom. The Hall–Kier alpha value is -1.45. The van der Waals surface area contributed by atoms with Gasteiger partial charge in [0.25, 0.3) is 0 Å². The molecule has 0 rings (SSSR count). The maximum Gasteiger partial charge on any atom is 0.416 e. The van der Waals surface area contributed by atoms with Gasteiger partial charge in [-0.05, 0) is 19.2 Å². The molecule has 0 unspecified atom stereocenters. The van der Waals surface area contributed by atoms with Crippen LogP contribution in [0.3, 0.4) is 0 Å². The second kappa shape index (κ2) is 5.32. The molecule has 0 aliphatic heterocycles. The third kappa shape index (κ3) is 4.54. The van der Waals surface area contributed by atoms with Crippen molar-refractivity contribution in [1.82, 2.24) is 5.32 Å². The van der Waals surface area contributed by atoms with Crippen molar-refractivity contribution in [2.75, 3.05) is 0 Å². The predicted octanol–water partition coefficient (Wildman–Crippen LogP) is 3.30. The van der Waals surface area contributed by atoms with Gasteiger partial charge in [-0.3, -0.25) is 0 Å². The maximum absolute atomic E-state index is 12.3. The molecule has 78 valence electrons. The molecular formula is C10H12F3N. The Bertz CT molecular complexity index is 272. The first-order valence-electron chi connectivity index (χ1n) is 3.87. The average molecular weight is 203 g/mol. The second-order valence-electron chi connectivity index (χ2n) is 2.53.